The van der Waals surface area contributed by atoms with Crippen molar-refractivity contribution in [2.75, 3.05) is 0 Å². The summed E-state index contributed by atoms with van der Waals surface area (Å²) in [6.07, 6.45) is 0.723. The Labute approximate surface area is 83.3 Å². The van der Waals surface area contributed by atoms with Crippen LogP contribution >= 0.6 is 0 Å². The van der Waals surface area contributed by atoms with Crippen LogP contribution < -0.4 is 0 Å². The van der Waals surface area contributed by atoms with Crippen molar-refractivity contribution in [2.24, 2.45) is 0 Å². The zero-order chi connectivity index (χ0) is 10.6. The lowest BCUT2D eigenvalue weighted by molar-refractivity contribution is 0.0334. The van der Waals surface area contributed by atoms with E-state index in [0.717, 1.165) is 6.42 Å². The third kappa shape index (κ3) is 2.76. The molecule has 0 unspecified atom stereocenters. The van der Waals surface area contributed by atoms with Crippen LogP contribution in [0.15, 0.2) is 24.3 Å². The van der Waals surface area contributed by atoms with Crippen molar-refractivity contribution in [3.8, 4) is 5.75 Å². The number of aromatic hydroxyl groups is 1. The van der Waals surface area contributed by atoms with E-state index in [4.69, 9.17) is 9.84 Å². The first-order valence-electron chi connectivity index (χ1n) is 4.63. The molecular weight excluding hydrogens is 180 g/mol. The zero-order valence-corrected chi connectivity index (χ0v) is 8.36. The van der Waals surface area contributed by atoms with E-state index in [0.29, 0.717) is 5.56 Å². The summed E-state index contributed by atoms with van der Waals surface area (Å²) in [6.45, 7) is 3.80. The molecule has 0 amide bonds. The molecule has 0 aliphatic carbocycles. The minimum Gasteiger partial charge on any atom is -0.508 e. The SMILES string of the molecule is CC[C@H](C)OC(=O)c1ccc(O)cc1. The number of phenols is 1. The second-order valence-electron chi connectivity index (χ2n) is 3.17. The molecule has 76 valence electrons. The number of carbonyl (C=O) groups excluding carboxylic acids is 1. The van der Waals surface area contributed by atoms with Crippen LogP contribution in [0, 0.1) is 0 Å². The molecule has 0 spiro atoms. The van der Waals surface area contributed by atoms with Crippen molar-refractivity contribution < 1.29 is 14.6 Å². The molecule has 0 bridgehead atoms. The number of esters is 1. The molecule has 0 aliphatic heterocycles. The Bertz CT molecular complexity index is 303. The highest BCUT2D eigenvalue weighted by atomic mass is 16.5. The van der Waals surface area contributed by atoms with Gasteiger partial charge in [-0.25, -0.2) is 4.79 Å². The van der Waals surface area contributed by atoms with Crippen LogP contribution in [-0.4, -0.2) is 17.2 Å². The first-order valence-corrected chi connectivity index (χ1v) is 4.63. The predicted octanol–water partition coefficient (Wildman–Crippen LogP) is 2.35. The summed E-state index contributed by atoms with van der Waals surface area (Å²) in [7, 11) is 0. The molecule has 0 heterocycles. The monoisotopic (exact) mass is 194 g/mol. The number of ether oxygens (including phenoxy) is 1. The van der Waals surface area contributed by atoms with E-state index in [9.17, 15) is 4.79 Å². The molecular formula is C11H14O3. The molecule has 3 nitrogen and oxygen atoms in total. The van der Waals surface area contributed by atoms with Gasteiger partial charge in [-0.3, -0.25) is 0 Å². The van der Waals surface area contributed by atoms with Crippen molar-refractivity contribution in [3.05, 3.63) is 29.8 Å². The maximum atomic E-state index is 11.4. The van der Waals surface area contributed by atoms with Crippen molar-refractivity contribution >= 4 is 5.97 Å². The molecule has 1 aromatic carbocycles. The molecule has 1 aromatic rings. The molecule has 14 heavy (non-hydrogen) atoms. The molecule has 0 saturated carbocycles. The van der Waals surface area contributed by atoms with Crippen LogP contribution in [0.1, 0.15) is 30.6 Å². The largest absolute Gasteiger partial charge is 0.508 e. The van der Waals surface area contributed by atoms with Gasteiger partial charge in [0.2, 0.25) is 0 Å². The van der Waals surface area contributed by atoms with E-state index in [1.54, 1.807) is 12.1 Å². The van der Waals surface area contributed by atoms with Crippen molar-refractivity contribution in [1.29, 1.82) is 0 Å². The smallest absolute Gasteiger partial charge is 0.338 e. The standard InChI is InChI=1S/C11H14O3/c1-3-8(2)14-11(13)9-4-6-10(12)7-5-9/h4-8,12H,3H2,1-2H3/t8-/m0/s1. The second-order valence-corrected chi connectivity index (χ2v) is 3.17. The van der Waals surface area contributed by atoms with Gasteiger partial charge in [0.25, 0.3) is 0 Å². The Morgan fingerprint density at radius 3 is 2.50 bits per heavy atom. The molecule has 0 radical (unpaired) electrons. The van der Waals surface area contributed by atoms with Crippen LogP contribution in [-0.2, 0) is 4.74 Å². The topological polar surface area (TPSA) is 46.5 Å². The molecule has 3 heteroatoms. The number of benzene rings is 1. The van der Waals surface area contributed by atoms with E-state index in [-0.39, 0.29) is 17.8 Å². The van der Waals surface area contributed by atoms with Crippen LogP contribution in [0.4, 0.5) is 0 Å². The van der Waals surface area contributed by atoms with E-state index >= 15 is 0 Å². The minimum atomic E-state index is -0.348. The number of carbonyl (C=O) groups is 1. The first kappa shape index (κ1) is 10.6. The van der Waals surface area contributed by atoms with E-state index in [1.807, 2.05) is 13.8 Å². The predicted molar refractivity (Wildman–Crippen MR) is 53.3 cm³/mol. The highest BCUT2D eigenvalue weighted by Crippen LogP contribution is 2.11. The first-order chi connectivity index (χ1) is 6.63. The molecule has 1 rings (SSSR count). The van der Waals surface area contributed by atoms with Gasteiger partial charge < -0.3 is 9.84 Å². The summed E-state index contributed by atoms with van der Waals surface area (Å²) in [5.74, 6) is -0.204. The van der Waals surface area contributed by atoms with Gasteiger partial charge in [0.1, 0.15) is 5.75 Å². The van der Waals surface area contributed by atoms with Gasteiger partial charge in [0.15, 0.2) is 0 Å². The fourth-order valence-electron chi connectivity index (χ4n) is 0.932. The van der Waals surface area contributed by atoms with Gasteiger partial charge in [-0.2, -0.15) is 0 Å². The van der Waals surface area contributed by atoms with Crippen LogP contribution in [0.25, 0.3) is 0 Å². The average Bonchev–Trinajstić information content (AvgIpc) is 2.18. The molecule has 1 atom stereocenters. The highest BCUT2D eigenvalue weighted by molar-refractivity contribution is 5.89. The second kappa shape index (κ2) is 4.65. The Balaban J connectivity index is 2.65. The summed E-state index contributed by atoms with van der Waals surface area (Å²) in [6, 6.07) is 6.01. The zero-order valence-electron chi connectivity index (χ0n) is 8.36. The normalized spacial score (nSPS) is 12.1. The van der Waals surface area contributed by atoms with Gasteiger partial charge in [-0.05, 0) is 37.6 Å². The van der Waals surface area contributed by atoms with E-state index < -0.39 is 0 Å². The Morgan fingerprint density at radius 2 is 2.00 bits per heavy atom. The number of rotatable bonds is 3. The number of hydrogen-bond acceptors (Lipinski definition) is 3. The maximum Gasteiger partial charge on any atom is 0.338 e. The molecule has 1 N–H and O–H groups in total. The molecule has 0 fully saturated rings. The van der Waals surface area contributed by atoms with Gasteiger partial charge >= 0.3 is 5.97 Å². The van der Waals surface area contributed by atoms with Gasteiger partial charge in [0, 0.05) is 0 Å². The summed E-state index contributed by atoms with van der Waals surface area (Å²) < 4.78 is 5.10. The fourth-order valence-corrected chi connectivity index (χ4v) is 0.932. The number of phenolic OH excluding ortho intramolecular Hbond substituents is 1. The summed E-state index contributed by atoms with van der Waals surface area (Å²) >= 11 is 0. The molecule has 0 aromatic heterocycles. The lowest BCUT2D eigenvalue weighted by atomic mass is 10.2. The lowest BCUT2D eigenvalue weighted by Gasteiger charge is -2.10. The number of hydrogen-bond donors (Lipinski definition) is 1. The maximum absolute atomic E-state index is 11.4. The van der Waals surface area contributed by atoms with Gasteiger partial charge in [0.05, 0.1) is 11.7 Å². The average molecular weight is 194 g/mol. The third-order valence-electron chi connectivity index (χ3n) is 1.99. The Morgan fingerprint density at radius 1 is 1.43 bits per heavy atom. The molecule has 0 saturated heterocycles. The minimum absolute atomic E-state index is 0.0729. The summed E-state index contributed by atoms with van der Waals surface area (Å²) in [5.41, 5.74) is 0.461. The lowest BCUT2D eigenvalue weighted by Crippen LogP contribution is -2.13. The Kier molecular flexibility index (Phi) is 3.51. The fraction of sp³-hybridized carbons (Fsp3) is 0.364. The molecule has 0 aliphatic rings. The van der Waals surface area contributed by atoms with Crippen LogP contribution in [0.3, 0.4) is 0 Å². The van der Waals surface area contributed by atoms with E-state index in [2.05, 4.69) is 0 Å². The third-order valence-corrected chi connectivity index (χ3v) is 1.99. The quantitative estimate of drug-likeness (QED) is 0.751. The summed E-state index contributed by atoms with van der Waals surface area (Å²) in [4.78, 5) is 11.4. The van der Waals surface area contributed by atoms with Crippen LogP contribution in [0.5, 0.6) is 5.75 Å². The van der Waals surface area contributed by atoms with Gasteiger partial charge in [-0.1, -0.05) is 6.92 Å². The summed E-state index contributed by atoms with van der Waals surface area (Å²) in [5, 5.41) is 9.01. The highest BCUT2D eigenvalue weighted by Gasteiger charge is 2.09. The van der Waals surface area contributed by atoms with E-state index in [1.165, 1.54) is 12.1 Å². The van der Waals surface area contributed by atoms with Crippen molar-refractivity contribution in [3.63, 3.8) is 0 Å². The Hall–Kier alpha value is -1.51. The van der Waals surface area contributed by atoms with Crippen molar-refractivity contribution in [2.45, 2.75) is 26.4 Å². The van der Waals surface area contributed by atoms with Crippen LogP contribution in [0.2, 0.25) is 0 Å². The van der Waals surface area contributed by atoms with Crippen molar-refractivity contribution in [1.82, 2.24) is 0 Å². The van der Waals surface area contributed by atoms with Gasteiger partial charge in [-0.15, -0.1) is 0 Å².